The maximum absolute atomic E-state index is 9.01. The smallest absolute Gasteiger partial charge is 0.166 e. The molecule has 0 aliphatic heterocycles. The topological polar surface area (TPSA) is 49.8 Å². The van der Waals surface area contributed by atoms with E-state index in [1.54, 1.807) is 0 Å². The van der Waals surface area contributed by atoms with Crippen molar-refractivity contribution in [3.8, 4) is 6.07 Å². The van der Waals surface area contributed by atoms with Crippen molar-refractivity contribution in [2.75, 3.05) is 0 Å². The Balaban J connectivity index is 1.77. The molecule has 3 heteroatoms. The Bertz CT molecular complexity index is 1150. The average Bonchev–Trinajstić information content (AvgIpc) is 3.22. The largest absolute Gasteiger partial charge is 0.356 e. The van der Waals surface area contributed by atoms with Gasteiger partial charge in [-0.15, -0.1) is 0 Å². The van der Waals surface area contributed by atoms with Crippen LogP contribution in [0.3, 0.4) is 0 Å². The molecule has 3 aromatic rings. The molecule has 0 aliphatic rings. The first-order chi connectivity index (χ1) is 14.8. The predicted molar refractivity (Wildman–Crippen MR) is 127 cm³/mol. The SMILES string of the molecule is C=C(/C=C(\C=C/C)c1ccc(C#N)cc1)c1cc(Cc2ccc(C(C)(C)C)cc2)no1. The number of allylic oxidation sites excluding steroid dienone is 5. The van der Waals surface area contributed by atoms with Gasteiger partial charge in [0.15, 0.2) is 5.76 Å². The second-order valence-corrected chi connectivity index (χ2v) is 8.62. The quantitative estimate of drug-likeness (QED) is 0.408. The van der Waals surface area contributed by atoms with Crippen LogP contribution >= 0.6 is 0 Å². The maximum Gasteiger partial charge on any atom is 0.166 e. The molecular formula is C28H28N2O. The molecule has 0 unspecified atom stereocenters. The molecule has 1 heterocycles. The molecular weight excluding hydrogens is 380 g/mol. The van der Waals surface area contributed by atoms with E-state index in [9.17, 15) is 0 Å². The van der Waals surface area contributed by atoms with Gasteiger partial charge in [-0.05, 0) is 52.8 Å². The minimum Gasteiger partial charge on any atom is -0.356 e. The molecule has 3 rings (SSSR count). The van der Waals surface area contributed by atoms with E-state index in [1.165, 1.54) is 11.1 Å². The number of nitrogens with zero attached hydrogens (tertiary/aromatic N) is 2. The monoisotopic (exact) mass is 408 g/mol. The van der Waals surface area contributed by atoms with Crippen LogP contribution in [0.15, 0.2) is 83.9 Å². The van der Waals surface area contributed by atoms with Crippen molar-refractivity contribution in [1.29, 1.82) is 5.26 Å². The first-order valence-electron chi connectivity index (χ1n) is 10.4. The van der Waals surface area contributed by atoms with Crippen molar-refractivity contribution in [3.63, 3.8) is 0 Å². The summed E-state index contributed by atoms with van der Waals surface area (Å²) in [4.78, 5) is 0. The molecule has 0 atom stereocenters. The zero-order valence-electron chi connectivity index (χ0n) is 18.6. The predicted octanol–water partition coefficient (Wildman–Crippen LogP) is 7.11. The van der Waals surface area contributed by atoms with Gasteiger partial charge in [0, 0.05) is 18.1 Å². The molecule has 31 heavy (non-hydrogen) atoms. The molecule has 0 saturated carbocycles. The number of hydrogen-bond acceptors (Lipinski definition) is 3. The minimum absolute atomic E-state index is 0.142. The molecule has 3 nitrogen and oxygen atoms in total. The molecule has 0 radical (unpaired) electrons. The van der Waals surface area contributed by atoms with E-state index in [0.717, 1.165) is 22.4 Å². The van der Waals surface area contributed by atoms with Gasteiger partial charge in [0.2, 0.25) is 0 Å². The van der Waals surface area contributed by atoms with Gasteiger partial charge in [-0.25, -0.2) is 0 Å². The van der Waals surface area contributed by atoms with E-state index in [-0.39, 0.29) is 5.41 Å². The Morgan fingerprint density at radius 1 is 1.10 bits per heavy atom. The van der Waals surface area contributed by atoms with Crippen molar-refractivity contribution < 1.29 is 4.52 Å². The second kappa shape index (κ2) is 9.45. The summed E-state index contributed by atoms with van der Waals surface area (Å²) < 4.78 is 5.57. The Hall–Kier alpha value is -3.64. The molecule has 0 spiro atoms. The first kappa shape index (κ1) is 22.1. The summed E-state index contributed by atoms with van der Waals surface area (Å²) in [5.74, 6) is 0.650. The number of rotatable bonds is 6. The van der Waals surface area contributed by atoms with Crippen LogP contribution in [0, 0.1) is 11.3 Å². The molecule has 0 N–H and O–H groups in total. The number of hydrogen-bond donors (Lipinski definition) is 0. The summed E-state index contributed by atoms with van der Waals surface area (Å²) in [6.07, 6.45) is 6.68. The van der Waals surface area contributed by atoms with Crippen LogP contribution in [0.1, 0.15) is 61.4 Å². The van der Waals surface area contributed by atoms with Crippen LogP contribution < -0.4 is 0 Å². The maximum atomic E-state index is 9.01. The Labute approximate surface area is 185 Å². The zero-order valence-corrected chi connectivity index (χ0v) is 18.6. The van der Waals surface area contributed by atoms with Crippen LogP contribution in [-0.4, -0.2) is 5.16 Å². The molecule has 0 fully saturated rings. The van der Waals surface area contributed by atoms with Gasteiger partial charge < -0.3 is 4.52 Å². The molecule has 0 amide bonds. The summed E-state index contributed by atoms with van der Waals surface area (Å²) in [7, 11) is 0. The van der Waals surface area contributed by atoms with E-state index in [2.05, 4.69) is 62.8 Å². The Kier molecular flexibility index (Phi) is 6.72. The van der Waals surface area contributed by atoms with Crippen molar-refractivity contribution in [3.05, 3.63) is 113 Å². The lowest BCUT2D eigenvalue weighted by atomic mass is 9.86. The van der Waals surface area contributed by atoms with Crippen LogP contribution in [0.2, 0.25) is 0 Å². The third kappa shape index (κ3) is 5.71. The van der Waals surface area contributed by atoms with Gasteiger partial charge >= 0.3 is 0 Å². The standard InChI is InChI=1S/C28H28N2O/c1-6-7-24(23-12-8-22(19-29)9-13-23)16-20(2)27-18-26(30-31-27)17-21-10-14-25(15-11-21)28(3,4)5/h6-16,18H,2,17H2,1,3-5H3/b7-6-,24-16+. The number of benzene rings is 2. The summed E-state index contributed by atoms with van der Waals surface area (Å²) in [5.41, 5.74) is 6.92. The van der Waals surface area contributed by atoms with Gasteiger partial charge in [0.25, 0.3) is 0 Å². The van der Waals surface area contributed by atoms with Crippen molar-refractivity contribution in [1.82, 2.24) is 5.16 Å². The molecule has 0 saturated heterocycles. The average molecular weight is 409 g/mol. The zero-order chi connectivity index (χ0) is 22.4. The normalized spacial score (nSPS) is 12.2. The lowest BCUT2D eigenvalue weighted by Gasteiger charge is -2.19. The second-order valence-electron chi connectivity index (χ2n) is 8.62. The number of nitriles is 1. The fraction of sp³-hybridized carbons (Fsp3) is 0.214. The van der Waals surface area contributed by atoms with E-state index in [0.29, 0.717) is 17.7 Å². The minimum atomic E-state index is 0.142. The summed E-state index contributed by atoms with van der Waals surface area (Å²) >= 11 is 0. The van der Waals surface area contributed by atoms with E-state index < -0.39 is 0 Å². The number of aromatic nitrogens is 1. The third-order valence-electron chi connectivity index (χ3n) is 5.10. The highest BCUT2D eigenvalue weighted by Gasteiger charge is 2.13. The highest BCUT2D eigenvalue weighted by atomic mass is 16.5. The summed E-state index contributed by atoms with van der Waals surface area (Å²) in [6.45, 7) is 12.8. The van der Waals surface area contributed by atoms with E-state index in [4.69, 9.17) is 9.78 Å². The fourth-order valence-electron chi connectivity index (χ4n) is 3.28. The third-order valence-corrected chi connectivity index (χ3v) is 5.10. The molecule has 0 bridgehead atoms. The van der Waals surface area contributed by atoms with Gasteiger partial charge in [-0.2, -0.15) is 5.26 Å². The Morgan fingerprint density at radius 2 is 1.77 bits per heavy atom. The van der Waals surface area contributed by atoms with Gasteiger partial charge in [-0.1, -0.05) is 81.1 Å². The first-order valence-corrected chi connectivity index (χ1v) is 10.4. The summed E-state index contributed by atoms with van der Waals surface area (Å²) in [6, 6.07) is 20.3. The highest BCUT2D eigenvalue weighted by Crippen LogP contribution is 2.25. The van der Waals surface area contributed by atoms with Gasteiger partial charge in [-0.3, -0.25) is 0 Å². The molecule has 2 aromatic carbocycles. The summed E-state index contributed by atoms with van der Waals surface area (Å²) in [5, 5.41) is 13.2. The van der Waals surface area contributed by atoms with Crippen molar-refractivity contribution >= 4 is 11.1 Å². The lowest BCUT2D eigenvalue weighted by molar-refractivity contribution is 0.405. The van der Waals surface area contributed by atoms with Crippen LogP contribution in [0.25, 0.3) is 11.1 Å². The Morgan fingerprint density at radius 3 is 2.35 bits per heavy atom. The van der Waals surface area contributed by atoms with Crippen LogP contribution in [0.4, 0.5) is 0 Å². The molecule has 1 aromatic heterocycles. The molecule has 156 valence electrons. The van der Waals surface area contributed by atoms with Gasteiger partial charge in [0.1, 0.15) is 0 Å². The fourth-order valence-corrected chi connectivity index (χ4v) is 3.28. The lowest BCUT2D eigenvalue weighted by Crippen LogP contribution is -2.10. The highest BCUT2D eigenvalue weighted by molar-refractivity contribution is 5.85. The van der Waals surface area contributed by atoms with Crippen LogP contribution in [0.5, 0.6) is 0 Å². The van der Waals surface area contributed by atoms with Gasteiger partial charge in [0.05, 0.1) is 17.3 Å². The van der Waals surface area contributed by atoms with Crippen molar-refractivity contribution in [2.24, 2.45) is 0 Å². The van der Waals surface area contributed by atoms with E-state index in [1.807, 2.05) is 55.5 Å². The van der Waals surface area contributed by atoms with Crippen molar-refractivity contribution in [2.45, 2.75) is 39.5 Å². The van der Waals surface area contributed by atoms with Crippen LogP contribution in [-0.2, 0) is 11.8 Å². The van der Waals surface area contributed by atoms with E-state index >= 15 is 0 Å². The molecule has 0 aliphatic carbocycles.